The first kappa shape index (κ1) is 28.2. The van der Waals surface area contributed by atoms with Crippen molar-refractivity contribution in [1.29, 1.82) is 0 Å². The van der Waals surface area contributed by atoms with E-state index in [1.165, 1.54) is 12.8 Å². The normalized spacial score (nSPS) is 31.0. The van der Waals surface area contributed by atoms with Crippen molar-refractivity contribution in [2.45, 2.75) is 75.5 Å². The zero-order valence-electron chi connectivity index (χ0n) is 19.1. The molecule has 4 aliphatic heterocycles. The van der Waals surface area contributed by atoms with Crippen molar-refractivity contribution < 1.29 is 39.1 Å². The van der Waals surface area contributed by atoms with E-state index >= 15 is 0 Å². The van der Waals surface area contributed by atoms with E-state index in [-0.39, 0.29) is 54.0 Å². The molecule has 4 saturated heterocycles. The van der Waals surface area contributed by atoms with Gasteiger partial charge >= 0.3 is 29.6 Å². The molecule has 13 heteroatoms. The van der Waals surface area contributed by atoms with Crippen LogP contribution in [0.4, 0.5) is 0 Å². The van der Waals surface area contributed by atoms with Gasteiger partial charge < -0.3 is 25.2 Å². The fourth-order valence-corrected chi connectivity index (χ4v) is 5.53. The molecule has 6 aliphatic rings. The van der Waals surface area contributed by atoms with E-state index in [0.717, 1.165) is 57.0 Å². The van der Waals surface area contributed by atoms with E-state index in [9.17, 15) is 14.5 Å². The minimum atomic E-state index is 0. The predicted octanol–water partition coefficient (Wildman–Crippen LogP) is -1.21. The summed E-state index contributed by atoms with van der Waals surface area (Å²) in [5.74, 6) is 1.48. The van der Waals surface area contributed by atoms with Crippen LogP contribution in [0.5, 0.6) is 0 Å². The van der Waals surface area contributed by atoms with Gasteiger partial charge in [0.1, 0.15) is 0 Å². The number of rotatable bonds is 3. The van der Waals surface area contributed by atoms with Gasteiger partial charge in [-0.05, 0) is 51.4 Å². The number of amides is 2. The van der Waals surface area contributed by atoms with Crippen LogP contribution in [0.2, 0.25) is 0 Å². The summed E-state index contributed by atoms with van der Waals surface area (Å²) in [6.07, 6.45) is 8.91. The first-order valence-electron chi connectivity index (χ1n) is 11.5. The summed E-state index contributed by atoms with van der Waals surface area (Å²) in [5.41, 5.74) is 0. The van der Waals surface area contributed by atoms with Gasteiger partial charge in [-0.1, -0.05) is 0 Å². The number of nitrogens with zero attached hydrogens (tertiary/aromatic N) is 5. The summed E-state index contributed by atoms with van der Waals surface area (Å²) in [7, 11) is 0. The molecule has 0 aromatic rings. The van der Waals surface area contributed by atoms with Gasteiger partial charge in [-0.15, -0.1) is 22.7 Å². The summed E-state index contributed by atoms with van der Waals surface area (Å²) >= 11 is 0. The van der Waals surface area contributed by atoms with Gasteiger partial charge in [-0.2, -0.15) is 0 Å². The molecule has 2 aliphatic carbocycles. The molecule has 11 nitrogen and oxygen atoms in total. The molecule has 1 N–H and O–H groups in total. The Bertz CT molecular complexity index is 682. The summed E-state index contributed by atoms with van der Waals surface area (Å²) < 4.78 is 0. The first-order chi connectivity index (χ1) is 15.1. The van der Waals surface area contributed by atoms with Crippen LogP contribution in [0.15, 0.2) is 10.6 Å². The predicted molar refractivity (Wildman–Crippen MR) is 119 cm³/mol. The van der Waals surface area contributed by atoms with E-state index in [4.69, 9.17) is 10.1 Å². The molecular formula is C20H32ClN6NaO5. The van der Waals surface area contributed by atoms with Crippen molar-refractivity contribution in [3.05, 3.63) is 15.0 Å². The average molecular weight is 495 g/mol. The third-order valence-corrected chi connectivity index (χ3v) is 7.32. The van der Waals surface area contributed by atoms with Gasteiger partial charge in [0.25, 0.3) is 0 Å². The molecule has 6 fully saturated rings. The topological polar surface area (TPSA) is 138 Å². The molecule has 0 aromatic heterocycles. The molecule has 4 bridgehead atoms. The van der Waals surface area contributed by atoms with Crippen LogP contribution in [-0.2, 0) is 9.59 Å². The second-order valence-electron chi connectivity index (χ2n) is 9.50. The zero-order chi connectivity index (χ0) is 22.0. The van der Waals surface area contributed by atoms with Crippen LogP contribution in [-0.4, -0.2) is 77.0 Å². The van der Waals surface area contributed by atoms with Crippen LogP contribution >= 0.6 is 12.4 Å². The standard InChI is InChI=1S/C10H15N3O2.C10H16N2O.ClH.HNO2.Na/c14-10(7-1-2-7)13-8-3-4-9(13)6-12(5-8)11-15;13-10(7-1-2-7)12-8-3-4-9(12)6-11-5-8;;2-1-3;/h7-9H,1-6H2;7-9,11H,1-6H2;1H;(H,2,3);/q;;;;+1/p-1. The number of piperazine rings is 2. The molecule has 0 spiro atoms. The van der Waals surface area contributed by atoms with Crippen LogP contribution in [0.25, 0.3) is 0 Å². The monoisotopic (exact) mass is 494 g/mol. The second-order valence-corrected chi connectivity index (χ2v) is 9.50. The summed E-state index contributed by atoms with van der Waals surface area (Å²) in [6, 6.07) is 1.53. The second kappa shape index (κ2) is 12.6. The fourth-order valence-electron chi connectivity index (χ4n) is 5.53. The van der Waals surface area contributed by atoms with Gasteiger partial charge in [0.2, 0.25) is 11.8 Å². The third-order valence-electron chi connectivity index (χ3n) is 7.32. The van der Waals surface area contributed by atoms with Crippen LogP contribution in [0.3, 0.4) is 0 Å². The molecule has 0 radical (unpaired) electrons. The van der Waals surface area contributed by atoms with Crippen molar-refractivity contribution in [1.82, 2.24) is 20.1 Å². The van der Waals surface area contributed by atoms with Gasteiger partial charge in [-0.25, -0.2) is 0 Å². The maximum Gasteiger partial charge on any atom is 1.00 e. The molecule has 33 heavy (non-hydrogen) atoms. The van der Waals surface area contributed by atoms with E-state index in [1.54, 1.807) is 5.01 Å². The number of carbonyl (C=O) groups is 2. The van der Waals surface area contributed by atoms with E-state index in [0.29, 0.717) is 48.8 Å². The summed E-state index contributed by atoms with van der Waals surface area (Å²) in [6.45, 7) is 3.32. The number of hydrogen-bond donors (Lipinski definition) is 1. The maximum atomic E-state index is 12.0. The Balaban J connectivity index is 0.000000200. The molecule has 2 amide bonds. The SMILES string of the molecule is Cl.O=C(C1CC1)N1C2CCC1CNC2.O=NN1CC2CCC(C1)N2C(=O)C1CC1.O=N[O-].[Na+]. The van der Waals surface area contributed by atoms with Gasteiger partial charge in [0, 0.05) is 37.0 Å². The minimum Gasteiger partial charge on any atom is -0.444 e. The van der Waals surface area contributed by atoms with Crippen molar-refractivity contribution in [2.24, 2.45) is 22.5 Å². The van der Waals surface area contributed by atoms with Gasteiger partial charge in [0.15, 0.2) is 0 Å². The number of carbonyl (C=O) groups excluding carboxylic acids is 2. The van der Waals surface area contributed by atoms with Crippen molar-refractivity contribution in [2.75, 3.05) is 26.2 Å². The first-order valence-corrected chi connectivity index (χ1v) is 11.5. The minimum absolute atomic E-state index is 0. The molecule has 2 saturated carbocycles. The van der Waals surface area contributed by atoms with Crippen molar-refractivity contribution in [3.8, 4) is 0 Å². The number of halogens is 1. The van der Waals surface area contributed by atoms with E-state index < -0.39 is 0 Å². The number of hydrogen-bond acceptors (Lipinski definition) is 8. The zero-order valence-corrected chi connectivity index (χ0v) is 22.0. The third kappa shape index (κ3) is 6.56. The number of nitrogens with one attached hydrogen (secondary N) is 1. The molecule has 4 atom stereocenters. The molecule has 180 valence electrons. The smallest absolute Gasteiger partial charge is 0.444 e. The Morgan fingerprint density at radius 2 is 1.09 bits per heavy atom. The largest absolute Gasteiger partial charge is 1.00 e. The number of fused-ring (bicyclic) bond motifs is 4. The van der Waals surface area contributed by atoms with Crippen LogP contribution in [0.1, 0.15) is 51.4 Å². The summed E-state index contributed by atoms with van der Waals surface area (Å²) in [4.78, 5) is 46.6. The Morgan fingerprint density at radius 1 is 0.727 bits per heavy atom. The van der Waals surface area contributed by atoms with Crippen molar-refractivity contribution in [3.63, 3.8) is 0 Å². The Labute approximate surface area is 221 Å². The molecular weight excluding hydrogens is 463 g/mol. The molecule has 4 heterocycles. The summed E-state index contributed by atoms with van der Waals surface area (Å²) in [5, 5.41) is 17.0. The Hall–Kier alpha value is -1.01. The quantitative estimate of drug-likeness (QED) is 0.295. The fraction of sp³-hybridized carbons (Fsp3) is 0.900. The Kier molecular flexibility index (Phi) is 10.8. The van der Waals surface area contributed by atoms with Crippen LogP contribution in [0, 0.1) is 26.9 Å². The maximum absolute atomic E-state index is 12.0. The van der Waals surface area contributed by atoms with Crippen molar-refractivity contribution >= 4 is 24.2 Å². The molecule has 6 rings (SSSR count). The van der Waals surface area contributed by atoms with E-state index in [2.05, 4.69) is 15.5 Å². The van der Waals surface area contributed by atoms with Gasteiger partial charge in [-0.3, -0.25) is 14.6 Å². The van der Waals surface area contributed by atoms with Gasteiger partial charge in [0.05, 0.1) is 30.5 Å². The van der Waals surface area contributed by atoms with E-state index in [1.807, 2.05) is 4.90 Å². The molecule has 4 unspecified atom stereocenters. The Morgan fingerprint density at radius 3 is 1.45 bits per heavy atom. The molecule has 0 aromatic carbocycles. The van der Waals surface area contributed by atoms with Crippen LogP contribution < -0.4 is 34.9 Å². The number of nitroso groups, excluding NO2 is 1. The average Bonchev–Trinajstić information content (AvgIpc) is 3.68.